The Morgan fingerprint density at radius 3 is 2.30 bits per heavy atom. The third-order valence-electron chi connectivity index (χ3n) is 9.80. The minimum atomic E-state index is -5.85. The van der Waals surface area contributed by atoms with E-state index in [1.807, 2.05) is 18.2 Å². The highest BCUT2D eigenvalue weighted by atomic mass is 19.4. The number of benzene rings is 1. The molecular weight excluding hydrogens is 498 g/mol. The number of hydrogen-bond donors (Lipinski definition) is 1. The number of nitrogens with zero attached hydrogens (tertiary/aromatic N) is 1. The van der Waals surface area contributed by atoms with Gasteiger partial charge in [-0.3, -0.25) is 9.59 Å². The van der Waals surface area contributed by atoms with Crippen LogP contribution in [0.1, 0.15) is 51.0 Å². The van der Waals surface area contributed by atoms with Crippen LogP contribution in [0.4, 0.5) is 26.3 Å². The molecule has 1 aromatic rings. The lowest BCUT2D eigenvalue weighted by atomic mass is 9.46. The Bertz CT molecular complexity index is 1070. The quantitative estimate of drug-likeness (QED) is 0.387. The third-order valence-corrected chi connectivity index (χ3v) is 9.80. The second-order valence-electron chi connectivity index (χ2n) is 11.4. The van der Waals surface area contributed by atoms with Gasteiger partial charge in [0.15, 0.2) is 0 Å². The van der Waals surface area contributed by atoms with Crippen molar-refractivity contribution in [2.45, 2.75) is 70.5 Å². The van der Waals surface area contributed by atoms with E-state index in [2.05, 4.69) is 12.2 Å². The van der Waals surface area contributed by atoms with E-state index in [9.17, 15) is 35.9 Å². The Balaban J connectivity index is 1.55. The maximum Gasteiger partial charge on any atom is 0.494 e. The molecule has 4 aliphatic rings. The Labute approximate surface area is 211 Å². The first-order valence-electron chi connectivity index (χ1n) is 12.8. The molecule has 0 aromatic heterocycles. The predicted octanol–water partition coefficient (Wildman–Crippen LogP) is 5.99. The average Bonchev–Trinajstić information content (AvgIpc) is 3.17. The number of carbonyl (C=O) groups excluding carboxylic acids is 2. The van der Waals surface area contributed by atoms with E-state index in [1.165, 1.54) is 6.08 Å². The van der Waals surface area contributed by atoms with Crippen molar-refractivity contribution in [2.75, 3.05) is 0 Å². The molecule has 2 unspecified atom stereocenters. The van der Waals surface area contributed by atoms with E-state index in [-0.39, 0.29) is 48.0 Å². The van der Waals surface area contributed by atoms with Crippen molar-refractivity contribution in [3.8, 4) is 0 Å². The third kappa shape index (κ3) is 4.24. The highest BCUT2D eigenvalue weighted by molar-refractivity contribution is 5.89. The van der Waals surface area contributed by atoms with Crippen molar-refractivity contribution in [3.63, 3.8) is 0 Å². The average molecular weight is 529 g/mol. The molecule has 1 aromatic carbocycles. The molecule has 5 rings (SSSR count). The molecule has 3 aliphatic carbocycles. The molecule has 0 saturated heterocycles. The van der Waals surface area contributed by atoms with Gasteiger partial charge in [-0.25, -0.2) is 0 Å². The Kier molecular flexibility index (Phi) is 6.18. The number of alkyl halides is 6. The van der Waals surface area contributed by atoms with Gasteiger partial charge in [0, 0.05) is 17.4 Å². The van der Waals surface area contributed by atoms with Gasteiger partial charge in [0.2, 0.25) is 11.8 Å². The summed E-state index contributed by atoms with van der Waals surface area (Å²) in [6.07, 6.45) is -5.26. The number of halogens is 6. The second kappa shape index (κ2) is 8.76. The summed E-state index contributed by atoms with van der Waals surface area (Å²) < 4.78 is 81.4. The first-order chi connectivity index (χ1) is 17.3. The highest BCUT2D eigenvalue weighted by Crippen LogP contribution is 2.66. The van der Waals surface area contributed by atoms with Crippen LogP contribution in [0.2, 0.25) is 0 Å². The lowest BCUT2D eigenvalue weighted by Crippen LogP contribution is -2.61. The minimum Gasteiger partial charge on any atom is -0.349 e. The summed E-state index contributed by atoms with van der Waals surface area (Å²) in [7, 11) is 0. The van der Waals surface area contributed by atoms with Crippen LogP contribution in [0.15, 0.2) is 42.5 Å². The van der Waals surface area contributed by atoms with Crippen molar-refractivity contribution in [1.82, 2.24) is 10.2 Å². The maximum atomic E-state index is 13.6. The van der Waals surface area contributed by atoms with Gasteiger partial charge in [0.1, 0.15) is 0 Å². The molecule has 3 fully saturated rings. The molecule has 0 spiro atoms. The van der Waals surface area contributed by atoms with E-state index in [4.69, 9.17) is 0 Å². The normalized spacial score (nSPS) is 37.3. The molecule has 0 bridgehead atoms. The van der Waals surface area contributed by atoms with E-state index in [1.54, 1.807) is 18.2 Å². The monoisotopic (exact) mass is 528 g/mol. The summed E-state index contributed by atoms with van der Waals surface area (Å²) in [5, 5.41) is 3.04. The van der Waals surface area contributed by atoms with E-state index >= 15 is 0 Å². The van der Waals surface area contributed by atoms with Gasteiger partial charge in [0.25, 0.3) is 0 Å². The van der Waals surface area contributed by atoms with Gasteiger partial charge >= 0.3 is 12.6 Å². The SMILES string of the molecule is C[C@]12C=CC(=O)NC1CC[C@H]1[C@@H]3CCC(C(=O)N(C(F)(F)F)C(F)(F)F)[C@@]3(Cc3ccccc3)CC[C@@H]12. The molecule has 10 heteroatoms. The van der Waals surface area contributed by atoms with E-state index < -0.39 is 34.7 Å². The Morgan fingerprint density at radius 1 is 0.973 bits per heavy atom. The van der Waals surface area contributed by atoms with Crippen LogP contribution in [0.5, 0.6) is 0 Å². The molecule has 3 saturated carbocycles. The van der Waals surface area contributed by atoms with Crippen LogP contribution in [0.3, 0.4) is 0 Å². The summed E-state index contributed by atoms with van der Waals surface area (Å²) in [6.45, 7) is 2.08. The van der Waals surface area contributed by atoms with Crippen molar-refractivity contribution in [2.24, 2.45) is 34.5 Å². The molecule has 7 atom stereocenters. The van der Waals surface area contributed by atoms with Crippen LogP contribution in [-0.4, -0.2) is 35.4 Å². The van der Waals surface area contributed by atoms with Gasteiger partial charge in [-0.05, 0) is 79.8 Å². The smallest absolute Gasteiger partial charge is 0.349 e. The molecule has 37 heavy (non-hydrogen) atoms. The zero-order valence-electron chi connectivity index (χ0n) is 20.4. The van der Waals surface area contributed by atoms with E-state index in [0.29, 0.717) is 32.1 Å². The minimum absolute atomic E-state index is 0.00503. The second-order valence-corrected chi connectivity index (χ2v) is 11.4. The summed E-state index contributed by atoms with van der Waals surface area (Å²) in [5.41, 5.74) is -0.540. The molecule has 1 aliphatic heterocycles. The topological polar surface area (TPSA) is 49.4 Å². The van der Waals surface area contributed by atoms with Gasteiger partial charge < -0.3 is 5.32 Å². The first kappa shape index (κ1) is 26.1. The number of rotatable bonds is 3. The molecule has 2 amide bonds. The fourth-order valence-corrected chi connectivity index (χ4v) is 8.38. The van der Waals surface area contributed by atoms with Gasteiger partial charge in [0.05, 0.1) is 0 Å². The molecular formula is C27H30F6N2O2. The predicted molar refractivity (Wildman–Crippen MR) is 122 cm³/mol. The first-order valence-corrected chi connectivity index (χ1v) is 12.8. The number of hydrogen-bond acceptors (Lipinski definition) is 2. The van der Waals surface area contributed by atoms with Gasteiger partial charge in [-0.1, -0.05) is 43.3 Å². The fraction of sp³-hybridized carbons (Fsp3) is 0.630. The van der Waals surface area contributed by atoms with Crippen LogP contribution in [-0.2, 0) is 16.0 Å². The van der Waals surface area contributed by atoms with Crippen LogP contribution in [0, 0.1) is 34.5 Å². The van der Waals surface area contributed by atoms with Crippen LogP contribution in [0.25, 0.3) is 0 Å². The summed E-state index contributed by atoms with van der Waals surface area (Å²) in [6, 6.07) is 8.96. The lowest BCUT2D eigenvalue weighted by Gasteiger charge is -2.59. The van der Waals surface area contributed by atoms with Crippen molar-refractivity contribution in [3.05, 3.63) is 48.0 Å². The lowest BCUT2D eigenvalue weighted by molar-refractivity contribution is -0.357. The maximum absolute atomic E-state index is 13.6. The zero-order chi connectivity index (χ0) is 26.8. The summed E-state index contributed by atoms with van der Waals surface area (Å²) in [4.78, 5) is 23.4. The Hall–Kier alpha value is -2.52. The van der Waals surface area contributed by atoms with Crippen molar-refractivity contribution < 1.29 is 35.9 Å². The summed E-state index contributed by atoms with van der Waals surface area (Å²) in [5.74, 6) is -3.45. The van der Waals surface area contributed by atoms with Gasteiger partial charge in [-0.15, -0.1) is 26.3 Å². The molecule has 4 nitrogen and oxygen atoms in total. The van der Waals surface area contributed by atoms with Gasteiger partial charge in [-0.2, -0.15) is 4.90 Å². The number of fused-ring (bicyclic) bond motifs is 5. The largest absolute Gasteiger partial charge is 0.494 e. The fourth-order valence-electron chi connectivity index (χ4n) is 8.38. The number of carbonyl (C=O) groups is 2. The molecule has 0 radical (unpaired) electrons. The zero-order valence-corrected chi connectivity index (χ0v) is 20.4. The molecule has 1 N–H and O–H groups in total. The highest BCUT2D eigenvalue weighted by Gasteiger charge is 2.66. The molecule has 1 heterocycles. The standard InChI is InChI=1S/C27H30F6N2O2/c1-24-13-12-22(36)34-21(24)10-7-17-18(24)11-14-25(15-16-5-3-2-4-6-16)19(17)8-9-20(25)23(37)35(26(28,29)30)27(31,32)33/h2-6,12-13,17-21H,7-11,14-15H2,1H3,(H,34,36)/t17-,18+,19+,20?,21?,24-,25-/m1/s1. The number of amides is 2. The number of nitrogens with one attached hydrogen (secondary N) is 1. The summed E-state index contributed by atoms with van der Waals surface area (Å²) >= 11 is 0. The Morgan fingerprint density at radius 2 is 1.65 bits per heavy atom. The van der Waals surface area contributed by atoms with Crippen LogP contribution >= 0.6 is 0 Å². The van der Waals surface area contributed by atoms with Crippen molar-refractivity contribution in [1.29, 1.82) is 0 Å². The van der Waals surface area contributed by atoms with Crippen LogP contribution < -0.4 is 5.32 Å². The van der Waals surface area contributed by atoms with E-state index in [0.717, 1.165) is 5.56 Å². The molecule has 202 valence electrons. The van der Waals surface area contributed by atoms with Crippen molar-refractivity contribution >= 4 is 11.8 Å².